The van der Waals surface area contributed by atoms with Gasteiger partial charge in [0.1, 0.15) is 0 Å². The highest BCUT2D eigenvalue weighted by Gasteiger charge is 2.19. The van der Waals surface area contributed by atoms with Gasteiger partial charge >= 0.3 is 0 Å². The highest BCUT2D eigenvalue weighted by Crippen LogP contribution is 2.14. The van der Waals surface area contributed by atoms with E-state index >= 15 is 0 Å². The summed E-state index contributed by atoms with van der Waals surface area (Å²) in [4.78, 5) is 14.1. The number of amides is 1. The number of hydrogen-bond donors (Lipinski definition) is 0. The Hall–Kier alpha value is -1.40. The number of rotatable bonds is 9. The number of carbonyl (C=O) groups excluding carboxylic acids is 1. The molecule has 0 saturated carbocycles. The van der Waals surface area contributed by atoms with Gasteiger partial charge < -0.3 is 4.90 Å². The van der Waals surface area contributed by atoms with E-state index in [2.05, 4.69) is 0 Å². The van der Waals surface area contributed by atoms with Crippen molar-refractivity contribution in [2.45, 2.75) is 33.1 Å². The third kappa shape index (κ3) is 5.77. The van der Waals surface area contributed by atoms with Crippen LogP contribution in [0.5, 0.6) is 0 Å². The van der Waals surface area contributed by atoms with Crippen molar-refractivity contribution < 1.29 is 13.2 Å². The summed E-state index contributed by atoms with van der Waals surface area (Å²) >= 11 is 0. The summed E-state index contributed by atoms with van der Waals surface area (Å²) in [5.74, 6) is -0.0566. The molecule has 0 saturated heterocycles. The number of unbranched alkanes of at least 4 members (excludes halogenated alkanes) is 1. The van der Waals surface area contributed by atoms with Crippen LogP contribution in [0.4, 0.5) is 5.69 Å². The van der Waals surface area contributed by atoms with Crippen LogP contribution in [0.3, 0.4) is 0 Å². The van der Waals surface area contributed by atoms with Gasteiger partial charge in [-0.15, -0.1) is 0 Å². The summed E-state index contributed by atoms with van der Waals surface area (Å²) in [7, 11) is -3.27. The third-order valence-corrected chi connectivity index (χ3v) is 4.79. The lowest BCUT2D eigenvalue weighted by molar-refractivity contribution is -0.118. The lowest BCUT2D eigenvalue weighted by Gasteiger charge is -2.24. The van der Waals surface area contributed by atoms with Crippen LogP contribution in [0.15, 0.2) is 30.3 Å². The summed E-state index contributed by atoms with van der Waals surface area (Å²) < 4.78 is 24.9. The fourth-order valence-corrected chi connectivity index (χ4v) is 3.13. The molecule has 124 valence electrons. The smallest absolute Gasteiger partial charge is 0.228 e. The van der Waals surface area contributed by atoms with Crippen LogP contribution in [-0.2, 0) is 14.8 Å². The molecule has 0 atom stereocenters. The first-order valence-electron chi connectivity index (χ1n) is 7.70. The van der Waals surface area contributed by atoms with E-state index in [9.17, 15) is 13.2 Å². The normalized spacial score (nSPS) is 11.6. The molecule has 0 aliphatic rings. The molecule has 0 radical (unpaired) electrons. The van der Waals surface area contributed by atoms with Crippen molar-refractivity contribution in [3.8, 4) is 0 Å². The summed E-state index contributed by atoms with van der Waals surface area (Å²) in [6.07, 6.45) is 3.12. The maximum atomic E-state index is 12.4. The molecule has 6 heteroatoms. The summed E-state index contributed by atoms with van der Waals surface area (Å²) in [6, 6.07) is 9.43. The molecule has 1 rings (SSSR count). The van der Waals surface area contributed by atoms with Crippen molar-refractivity contribution in [3.05, 3.63) is 30.3 Å². The largest absolute Gasteiger partial charge is 0.313 e. The van der Waals surface area contributed by atoms with Crippen molar-refractivity contribution >= 4 is 21.6 Å². The second kappa shape index (κ2) is 8.90. The van der Waals surface area contributed by atoms with Gasteiger partial charge in [0, 0.05) is 31.7 Å². The highest BCUT2D eigenvalue weighted by molar-refractivity contribution is 7.88. The van der Waals surface area contributed by atoms with Gasteiger partial charge in [0.25, 0.3) is 0 Å². The molecule has 0 N–H and O–H groups in total. The Morgan fingerprint density at radius 1 is 1.09 bits per heavy atom. The standard InChI is InChI=1S/C16H26N2O3S/c1-4-6-13-17(22(3,20)21)14-12-16(19)18(5-2)15-10-8-7-9-11-15/h7-11H,4-6,12-14H2,1-3H3. The number of carbonyl (C=O) groups is 1. The zero-order chi connectivity index (χ0) is 16.6. The van der Waals surface area contributed by atoms with Crippen LogP contribution in [-0.4, -0.2) is 44.5 Å². The minimum absolute atomic E-state index is 0.0566. The molecule has 0 fully saturated rings. The zero-order valence-corrected chi connectivity index (χ0v) is 14.5. The molecule has 0 heterocycles. The maximum absolute atomic E-state index is 12.4. The van der Waals surface area contributed by atoms with Gasteiger partial charge in [0.15, 0.2) is 0 Å². The van der Waals surface area contributed by atoms with Gasteiger partial charge in [-0.25, -0.2) is 12.7 Å². The van der Waals surface area contributed by atoms with E-state index < -0.39 is 10.0 Å². The third-order valence-electron chi connectivity index (χ3n) is 3.49. The van der Waals surface area contributed by atoms with Crippen molar-refractivity contribution in [2.75, 3.05) is 30.8 Å². The van der Waals surface area contributed by atoms with Crippen molar-refractivity contribution in [3.63, 3.8) is 0 Å². The molecule has 5 nitrogen and oxygen atoms in total. The molecule has 1 aromatic rings. The van der Waals surface area contributed by atoms with E-state index in [1.807, 2.05) is 44.2 Å². The predicted molar refractivity (Wildman–Crippen MR) is 90.4 cm³/mol. The molecule has 0 spiro atoms. The Morgan fingerprint density at radius 3 is 2.23 bits per heavy atom. The van der Waals surface area contributed by atoms with E-state index in [0.29, 0.717) is 13.1 Å². The molecular formula is C16H26N2O3S. The molecule has 22 heavy (non-hydrogen) atoms. The Balaban J connectivity index is 2.69. The lowest BCUT2D eigenvalue weighted by atomic mass is 10.2. The number of nitrogens with zero attached hydrogens (tertiary/aromatic N) is 2. The second-order valence-electron chi connectivity index (χ2n) is 5.24. The number of anilines is 1. The second-order valence-corrected chi connectivity index (χ2v) is 7.22. The molecular weight excluding hydrogens is 300 g/mol. The van der Waals surface area contributed by atoms with Gasteiger partial charge in [-0.2, -0.15) is 0 Å². The molecule has 1 aromatic carbocycles. The number of para-hydroxylation sites is 1. The van der Waals surface area contributed by atoms with Crippen LogP contribution in [0.25, 0.3) is 0 Å². The van der Waals surface area contributed by atoms with E-state index in [1.54, 1.807) is 4.90 Å². The van der Waals surface area contributed by atoms with E-state index in [0.717, 1.165) is 18.5 Å². The number of hydrogen-bond acceptors (Lipinski definition) is 3. The van der Waals surface area contributed by atoms with Crippen molar-refractivity contribution in [1.82, 2.24) is 4.31 Å². The number of sulfonamides is 1. The Bertz CT molecular complexity index is 558. The average molecular weight is 326 g/mol. The average Bonchev–Trinajstić information content (AvgIpc) is 2.47. The zero-order valence-electron chi connectivity index (χ0n) is 13.7. The summed E-state index contributed by atoms with van der Waals surface area (Å²) in [5.41, 5.74) is 0.842. The molecule has 1 amide bonds. The molecule has 0 unspecified atom stereocenters. The first kappa shape index (κ1) is 18.6. The van der Waals surface area contributed by atoms with Gasteiger partial charge in [-0.3, -0.25) is 4.79 Å². The van der Waals surface area contributed by atoms with Crippen LogP contribution in [0, 0.1) is 0 Å². The predicted octanol–water partition coefficient (Wildman–Crippen LogP) is 2.49. The molecule has 0 aromatic heterocycles. The minimum atomic E-state index is -3.27. The summed E-state index contributed by atoms with van der Waals surface area (Å²) in [5, 5.41) is 0. The first-order chi connectivity index (χ1) is 10.4. The fourth-order valence-electron chi connectivity index (χ4n) is 2.24. The van der Waals surface area contributed by atoms with Crippen LogP contribution in [0.1, 0.15) is 33.1 Å². The first-order valence-corrected chi connectivity index (χ1v) is 9.55. The summed E-state index contributed by atoms with van der Waals surface area (Å²) in [6.45, 7) is 5.20. The minimum Gasteiger partial charge on any atom is -0.313 e. The molecule has 0 aliphatic heterocycles. The Labute approximate surface area is 134 Å². The van der Waals surface area contributed by atoms with Gasteiger partial charge in [0.2, 0.25) is 15.9 Å². The van der Waals surface area contributed by atoms with E-state index in [1.165, 1.54) is 10.6 Å². The van der Waals surface area contributed by atoms with Crippen LogP contribution >= 0.6 is 0 Å². The topological polar surface area (TPSA) is 57.7 Å². The van der Waals surface area contributed by atoms with Crippen LogP contribution < -0.4 is 4.90 Å². The van der Waals surface area contributed by atoms with Gasteiger partial charge in [-0.1, -0.05) is 31.5 Å². The lowest BCUT2D eigenvalue weighted by Crippen LogP contribution is -2.37. The van der Waals surface area contributed by atoms with Crippen LogP contribution in [0.2, 0.25) is 0 Å². The van der Waals surface area contributed by atoms with Gasteiger partial charge in [0.05, 0.1) is 6.26 Å². The monoisotopic (exact) mass is 326 g/mol. The highest BCUT2D eigenvalue weighted by atomic mass is 32.2. The quantitative estimate of drug-likeness (QED) is 0.700. The van der Waals surface area contributed by atoms with Crippen molar-refractivity contribution in [1.29, 1.82) is 0 Å². The SMILES string of the molecule is CCCCN(CCC(=O)N(CC)c1ccccc1)S(C)(=O)=O. The molecule has 0 aliphatic carbocycles. The van der Waals surface area contributed by atoms with Crippen molar-refractivity contribution in [2.24, 2.45) is 0 Å². The fraction of sp³-hybridized carbons (Fsp3) is 0.562. The Kier molecular flexibility index (Phi) is 7.55. The number of benzene rings is 1. The maximum Gasteiger partial charge on any atom is 0.228 e. The van der Waals surface area contributed by atoms with Gasteiger partial charge in [-0.05, 0) is 25.5 Å². The molecule has 0 bridgehead atoms. The van der Waals surface area contributed by atoms with E-state index in [-0.39, 0.29) is 18.9 Å². The van der Waals surface area contributed by atoms with E-state index in [4.69, 9.17) is 0 Å². The Morgan fingerprint density at radius 2 is 1.73 bits per heavy atom.